The zero-order chi connectivity index (χ0) is 22.9. The minimum absolute atomic E-state index is 0.112. The molecule has 0 spiro atoms. The topological polar surface area (TPSA) is 59.4 Å². The number of aromatic nitrogens is 1. The van der Waals surface area contributed by atoms with E-state index in [0.29, 0.717) is 19.3 Å². The first-order chi connectivity index (χ1) is 15.2. The molecule has 0 unspecified atom stereocenters. The van der Waals surface area contributed by atoms with Crippen molar-refractivity contribution in [2.75, 3.05) is 0 Å². The Morgan fingerprint density at radius 3 is 2.56 bits per heavy atom. The summed E-state index contributed by atoms with van der Waals surface area (Å²) in [5.74, 6) is -1.07. The second kappa shape index (κ2) is 9.10. The van der Waals surface area contributed by atoms with Crippen molar-refractivity contribution in [2.24, 2.45) is 0 Å². The number of benzene rings is 1. The van der Waals surface area contributed by atoms with Crippen molar-refractivity contribution in [3.05, 3.63) is 46.0 Å². The van der Waals surface area contributed by atoms with Crippen molar-refractivity contribution in [1.29, 1.82) is 0 Å². The first-order valence-electron chi connectivity index (χ1n) is 10.7. The van der Waals surface area contributed by atoms with Gasteiger partial charge in [0.15, 0.2) is 0 Å². The normalized spacial score (nSPS) is 13.9. The number of aliphatic carboxylic acids is 1. The fraction of sp³-hybridized carbons (Fsp3) is 0.417. The summed E-state index contributed by atoms with van der Waals surface area (Å²) in [4.78, 5) is 18.1. The number of nitrogens with zero attached hydrogens (tertiary/aromatic N) is 1. The van der Waals surface area contributed by atoms with Gasteiger partial charge in [-0.15, -0.1) is 24.5 Å². The van der Waals surface area contributed by atoms with Crippen LogP contribution in [-0.4, -0.2) is 22.4 Å². The van der Waals surface area contributed by atoms with E-state index in [1.54, 1.807) is 23.5 Å². The lowest BCUT2D eigenvalue weighted by Gasteiger charge is -2.17. The van der Waals surface area contributed by atoms with Gasteiger partial charge >= 0.3 is 12.3 Å². The summed E-state index contributed by atoms with van der Waals surface area (Å²) >= 11 is 1.71. The smallest absolute Gasteiger partial charge is 0.481 e. The molecule has 1 aliphatic rings. The van der Waals surface area contributed by atoms with Gasteiger partial charge in [0, 0.05) is 22.4 Å². The molecule has 0 fully saturated rings. The van der Waals surface area contributed by atoms with E-state index >= 15 is 0 Å². The number of alkyl halides is 3. The van der Waals surface area contributed by atoms with Crippen molar-refractivity contribution in [3.63, 3.8) is 0 Å². The summed E-state index contributed by atoms with van der Waals surface area (Å²) in [5.41, 5.74) is 5.08. The highest BCUT2D eigenvalue weighted by Crippen LogP contribution is 2.43. The number of ether oxygens (including phenoxy) is 1. The average Bonchev–Trinajstić information content (AvgIpc) is 3.08. The van der Waals surface area contributed by atoms with Crippen molar-refractivity contribution in [1.82, 2.24) is 4.98 Å². The summed E-state index contributed by atoms with van der Waals surface area (Å²) < 4.78 is 41.8. The first-order valence-corrected chi connectivity index (χ1v) is 11.6. The van der Waals surface area contributed by atoms with Crippen LogP contribution in [0.4, 0.5) is 13.2 Å². The molecule has 170 valence electrons. The summed E-state index contributed by atoms with van der Waals surface area (Å²) in [6.45, 7) is 1.95. The predicted octanol–water partition coefficient (Wildman–Crippen LogP) is 6.85. The Labute approximate surface area is 188 Å². The monoisotopic (exact) mass is 463 g/mol. The second-order valence-electron chi connectivity index (χ2n) is 8.11. The maximum absolute atomic E-state index is 12.6. The highest BCUT2D eigenvalue weighted by molar-refractivity contribution is 7.19. The minimum Gasteiger partial charge on any atom is -0.481 e. The number of carboxylic acid groups (broad SMARTS) is 1. The molecule has 0 bridgehead atoms. The van der Waals surface area contributed by atoms with Crippen LogP contribution >= 0.6 is 11.3 Å². The minimum atomic E-state index is -4.73. The Morgan fingerprint density at radius 1 is 1.16 bits per heavy atom. The van der Waals surface area contributed by atoms with Crippen molar-refractivity contribution in [3.8, 4) is 16.9 Å². The number of aryl methyl sites for hydroxylation is 3. The van der Waals surface area contributed by atoms with Gasteiger partial charge in [-0.3, -0.25) is 4.79 Å². The Kier molecular flexibility index (Phi) is 6.42. The van der Waals surface area contributed by atoms with Gasteiger partial charge in [0.25, 0.3) is 0 Å². The van der Waals surface area contributed by atoms with Crippen molar-refractivity contribution < 1.29 is 27.8 Å². The number of hydrogen-bond acceptors (Lipinski definition) is 4. The number of thiophene rings is 1. The van der Waals surface area contributed by atoms with Crippen LogP contribution in [-0.2, 0) is 24.1 Å². The van der Waals surface area contributed by atoms with Gasteiger partial charge in [0.2, 0.25) is 0 Å². The Morgan fingerprint density at radius 2 is 1.88 bits per heavy atom. The third-order valence-corrected chi connectivity index (χ3v) is 7.04. The van der Waals surface area contributed by atoms with Crippen molar-refractivity contribution >= 4 is 27.5 Å². The van der Waals surface area contributed by atoms with Crippen LogP contribution < -0.4 is 4.74 Å². The van der Waals surface area contributed by atoms with Crippen LogP contribution in [0.5, 0.6) is 5.75 Å². The molecule has 1 N–H and O–H groups in total. The van der Waals surface area contributed by atoms with Crippen molar-refractivity contribution in [2.45, 2.75) is 64.7 Å². The molecule has 1 aliphatic carbocycles. The highest BCUT2D eigenvalue weighted by atomic mass is 32.1. The summed E-state index contributed by atoms with van der Waals surface area (Å²) in [7, 11) is 0. The molecular formula is C24H24F3NO3S. The summed E-state index contributed by atoms with van der Waals surface area (Å²) in [6.07, 6.45) is 1.58. The van der Waals surface area contributed by atoms with Gasteiger partial charge in [-0.05, 0) is 86.3 Å². The number of unbranched alkanes of at least 4 members (excludes halogenated alkanes) is 1. The van der Waals surface area contributed by atoms with Crippen LogP contribution in [0.15, 0.2) is 24.3 Å². The van der Waals surface area contributed by atoms with E-state index in [0.717, 1.165) is 58.3 Å². The van der Waals surface area contributed by atoms with Gasteiger partial charge in [0.1, 0.15) is 10.6 Å². The molecule has 0 saturated heterocycles. The maximum Gasteiger partial charge on any atom is 0.573 e. The number of halogens is 3. The van der Waals surface area contributed by atoms with Crippen LogP contribution in [0, 0.1) is 6.92 Å². The van der Waals surface area contributed by atoms with E-state index in [2.05, 4.69) is 4.74 Å². The molecule has 0 aliphatic heterocycles. The third-order valence-electron chi connectivity index (χ3n) is 5.85. The Bertz CT molecular complexity index is 1140. The molecule has 2 aromatic heterocycles. The lowest BCUT2D eigenvalue weighted by Crippen LogP contribution is -2.16. The van der Waals surface area contributed by atoms with E-state index < -0.39 is 12.3 Å². The molecule has 4 rings (SSSR count). The number of hydrogen-bond donors (Lipinski definition) is 1. The van der Waals surface area contributed by atoms with E-state index in [1.165, 1.54) is 22.6 Å². The van der Waals surface area contributed by atoms with Gasteiger partial charge in [-0.1, -0.05) is 12.1 Å². The standard InChI is InChI=1S/C24H24F3NO3S/c1-14-17(6-3-5-9-20(29)30)21(15-10-12-16(13-11-15)31-24(25,26)27)22-18-7-2-4-8-19(18)32-23(22)28-14/h10-13H,2-9H2,1H3,(H,29,30). The fourth-order valence-electron chi connectivity index (χ4n) is 4.47. The molecule has 1 aromatic carbocycles. The maximum atomic E-state index is 12.6. The van der Waals surface area contributed by atoms with Gasteiger partial charge in [0.05, 0.1) is 0 Å². The predicted molar refractivity (Wildman–Crippen MR) is 118 cm³/mol. The van der Waals surface area contributed by atoms with Crippen LogP contribution in [0.25, 0.3) is 21.3 Å². The molecule has 3 aromatic rings. The third kappa shape index (κ3) is 4.90. The van der Waals surface area contributed by atoms with Crippen LogP contribution in [0.3, 0.4) is 0 Å². The largest absolute Gasteiger partial charge is 0.573 e. The zero-order valence-electron chi connectivity index (χ0n) is 17.7. The lowest BCUT2D eigenvalue weighted by molar-refractivity contribution is -0.274. The molecule has 0 saturated carbocycles. The van der Waals surface area contributed by atoms with Gasteiger partial charge in [-0.25, -0.2) is 4.98 Å². The number of carboxylic acids is 1. The number of fused-ring (bicyclic) bond motifs is 3. The Hall–Kier alpha value is -2.61. The lowest BCUT2D eigenvalue weighted by atomic mass is 9.88. The summed E-state index contributed by atoms with van der Waals surface area (Å²) in [6, 6.07) is 6.03. The number of carbonyl (C=O) groups is 1. The summed E-state index contributed by atoms with van der Waals surface area (Å²) in [5, 5.41) is 10.1. The van der Waals surface area contributed by atoms with E-state index in [-0.39, 0.29) is 12.2 Å². The molecule has 2 heterocycles. The SMILES string of the molecule is Cc1nc2sc3c(c2c(-c2ccc(OC(F)(F)F)cc2)c1CCCCC(=O)O)CCCC3. The molecule has 8 heteroatoms. The Balaban J connectivity index is 1.80. The first kappa shape index (κ1) is 22.6. The fourth-order valence-corrected chi connectivity index (χ4v) is 5.78. The van der Waals surface area contributed by atoms with E-state index in [4.69, 9.17) is 10.1 Å². The molecule has 32 heavy (non-hydrogen) atoms. The van der Waals surface area contributed by atoms with Crippen LogP contribution in [0.1, 0.15) is 53.8 Å². The van der Waals surface area contributed by atoms with Gasteiger partial charge in [-0.2, -0.15) is 0 Å². The van der Waals surface area contributed by atoms with E-state index in [9.17, 15) is 18.0 Å². The van der Waals surface area contributed by atoms with E-state index in [1.807, 2.05) is 6.92 Å². The molecule has 0 atom stereocenters. The molecule has 0 radical (unpaired) electrons. The molecule has 0 amide bonds. The van der Waals surface area contributed by atoms with Gasteiger partial charge < -0.3 is 9.84 Å². The molecule has 4 nitrogen and oxygen atoms in total. The molecular weight excluding hydrogens is 439 g/mol. The highest BCUT2D eigenvalue weighted by Gasteiger charge is 2.31. The number of rotatable bonds is 7. The average molecular weight is 464 g/mol. The number of pyridine rings is 1. The zero-order valence-corrected chi connectivity index (χ0v) is 18.5. The second-order valence-corrected chi connectivity index (χ2v) is 9.20. The quantitative estimate of drug-likeness (QED) is 0.390. The van der Waals surface area contributed by atoms with Crippen LogP contribution in [0.2, 0.25) is 0 Å².